The Kier molecular flexibility index (Phi) is 3.19. The highest BCUT2D eigenvalue weighted by atomic mass is 16.5. The van der Waals surface area contributed by atoms with E-state index in [0.717, 1.165) is 23.4 Å². The molecule has 0 unspecified atom stereocenters. The normalized spacial score (nSPS) is 10.8. The van der Waals surface area contributed by atoms with Gasteiger partial charge < -0.3 is 9.30 Å². The highest BCUT2D eigenvalue weighted by Gasteiger charge is 2.03. The largest absolute Gasteiger partial charge is 0.492 e. The van der Waals surface area contributed by atoms with Crippen LogP contribution >= 0.6 is 0 Å². The summed E-state index contributed by atoms with van der Waals surface area (Å²) < 4.78 is 7.91. The van der Waals surface area contributed by atoms with Gasteiger partial charge in [-0.2, -0.15) is 0 Å². The third-order valence-electron chi connectivity index (χ3n) is 3.25. The van der Waals surface area contributed by atoms with Gasteiger partial charge in [-0.3, -0.25) is 0 Å². The number of aromatic nitrogens is 2. The summed E-state index contributed by atoms with van der Waals surface area (Å²) in [6.45, 7) is 0.638. The van der Waals surface area contributed by atoms with Crippen LogP contribution in [0.15, 0.2) is 54.9 Å². The Morgan fingerprint density at radius 1 is 1.11 bits per heavy atom. The Balaban J connectivity index is 1.74. The lowest BCUT2D eigenvalue weighted by Gasteiger charge is -2.09. The lowest BCUT2D eigenvalue weighted by atomic mass is 10.1. The van der Waals surface area contributed by atoms with E-state index in [-0.39, 0.29) is 0 Å². The fraction of sp³-hybridized carbons (Fsp3) is 0.188. The summed E-state index contributed by atoms with van der Waals surface area (Å²) in [4.78, 5) is 4.29. The molecule has 3 nitrogen and oxygen atoms in total. The third-order valence-corrected chi connectivity index (χ3v) is 3.25. The molecule has 0 atom stereocenters. The van der Waals surface area contributed by atoms with E-state index in [9.17, 15) is 0 Å². The predicted octanol–water partition coefficient (Wildman–Crippen LogP) is 3.19. The van der Waals surface area contributed by atoms with Crippen LogP contribution in [-0.4, -0.2) is 16.2 Å². The first-order valence-corrected chi connectivity index (χ1v) is 6.41. The Morgan fingerprint density at radius 2 is 1.95 bits per heavy atom. The van der Waals surface area contributed by atoms with Gasteiger partial charge in [0, 0.05) is 31.2 Å². The summed E-state index contributed by atoms with van der Waals surface area (Å²) in [6, 6.07) is 14.4. The molecule has 0 amide bonds. The molecule has 0 spiro atoms. The highest BCUT2D eigenvalue weighted by molar-refractivity contribution is 5.88. The van der Waals surface area contributed by atoms with Gasteiger partial charge in [0.05, 0.1) is 6.61 Å². The fourth-order valence-corrected chi connectivity index (χ4v) is 2.21. The van der Waals surface area contributed by atoms with Gasteiger partial charge in [0.1, 0.15) is 11.6 Å². The van der Waals surface area contributed by atoms with E-state index >= 15 is 0 Å². The molecule has 0 bridgehead atoms. The van der Waals surface area contributed by atoms with E-state index in [4.69, 9.17) is 4.74 Å². The van der Waals surface area contributed by atoms with E-state index in [0.29, 0.717) is 6.61 Å². The van der Waals surface area contributed by atoms with Crippen molar-refractivity contribution in [3.05, 3.63) is 60.7 Å². The minimum Gasteiger partial charge on any atom is -0.492 e. The van der Waals surface area contributed by atoms with Crippen LogP contribution in [0.1, 0.15) is 5.82 Å². The van der Waals surface area contributed by atoms with Gasteiger partial charge in [0.15, 0.2) is 0 Å². The van der Waals surface area contributed by atoms with Crippen molar-refractivity contribution < 1.29 is 4.74 Å². The molecule has 0 saturated carbocycles. The number of nitrogens with zero attached hydrogens (tertiary/aromatic N) is 2. The number of ether oxygens (including phenoxy) is 1. The summed E-state index contributed by atoms with van der Waals surface area (Å²) in [5, 5.41) is 2.36. The molecule has 0 radical (unpaired) electrons. The number of imidazole rings is 1. The molecule has 19 heavy (non-hydrogen) atoms. The average Bonchev–Trinajstić information content (AvgIpc) is 2.85. The second-order valence-electron chi connectivity index (χ2n) is 4.53. The van der Waals surface area contributed by atoms with Crippen LogP contribution in [0.5, 0.6) is 5.75 Å². The van der Waals surface area contributed by atoms with Crippen molar-refractivity contribution in [3.63, 3.8) is 0 Å². The number of rotatable bonds is 4. The topological polar surface area (TPSA) is 27.1 Å². The van der Waals surface area contributed by atoms with Gasteiger partial charge in [-0.15, -0.1) is 0 Å². The van der Waals surface area contributed by atoms with Crippen molar-refractivity contribution in [1.82, 2.24) is 9.55 Å². The minimum absolute atomic E-state index is 0.638. The molecule has 0 N–H and O–H groups in total. The zero-order valence-electron chi connectivity index (χ0n) is 10.9. The zero-order chi connectivity index (χ0) is 13.1. The fourth-order valence-electron chi connectivity index (χ4n) is 2.21. The maximum absolute atomic E-state index is 5.89. The number of hydrogen-bond acceptors (Lipinski definition) is 2. The maximum Gasteiger partial charge on any atom is 0.127 e. The quantitative estimate of drug-likeness (QED) is 0.713. The van der Waals surface area contributed by atoms with Crippen molar-refractivity contribution in [3.8, 4) is 5.75 Å². The number of benzene rings is 2. The smallest absolute Gasteiger partial charge is 0.127 e. The van der Waals surface area contributed by atoms with Crippen molar-refractivity contribution >= 4 is 10.8 Å². The molecule has 0 fully saturated rings. The SMILES string of the molecule is Cn1ccnc1CCOc1cccc2ccccc12. The molecule has 3 rings (SSSR count). The van der Waals surface area contributed by atoms with Crippen molar-refractivity contribution in [1.29, 1.82) is 0 Å². The van der Waals surface area contributed by atoms with Gasteiger partial charge in [0.2, 0.25) is 0 Å². The summed E-state index contributed by atoms with van der Waals surface area (Å²) >= 11 is 0. The molecular weight excluding hydrogens is 236 g/mol. The van der Waals surface area contributed by atoms with Gasteiger partial charge in [-0.05, 0) is 11.5 Å². The molecule has 0 aliphatic rings. The number of aryl methyl sites for hydroxylation is 1. The van der Waals surface area contributed by atoms with Crippen molar-refractivity contribution in [2.45, 2.75) is 6.42 Å². The molecule has 2 aromatic carbocycles. The van der Waals surface area contributed by atoms with Crippen LogP contribution in [0.3, 0.4) is 0 Å². The predicted molar refractivity (Wildman–Crippen MR) is 76.4 cm³/mol. The molecule has 3 aromatic rings. The van der Waals surface area contributed by atoms with Gasteiger partial charge in [0.25, 0.3) is 0 Å². The Labute approximate surface area is 112 Å². The summed E-state index contributed by atoms with van der Waals surface area (Å²) in [6.07, 6.45) is 4.58. The van der Waals surface area contributed by atoms with Crippen molar-refractivity contribution in [2.75, 3.05) is 6.61 Å². The first kappa shape index (κ1) is 11.8. The third kappa shape index (κ3) is 2.45. The standard InChI is InChI=1S/C16H16N2O/c1-18-11-10-17-16(18)9-12-19-15-8-4-6-13-5-2-3-7-14(13)15/h2-8,10-11H,9,12H2,1H3. The zero-order valence-corrected chi connectivity index (χ0v) is 10.9. The van der Waals surface area contributed by atoms with Gasteiger partial charge in [-0.25, -0.2) is 4.98 Å². The molecule has 96 valence electrons. The monoisotopic (exact) mass is 252 g/mol. The van der Waals surface area contributed by atoms with Crippen molar-refractivity contribution in [2.24, 2.45) is 7.05 Å². The minimum atomic E-state index is 0.638. The van der Waals surface area contributed by atoms with E-state index in [1.807, 2.05) is 48.3 Å². The second kappa shape index (κ2) is 5.14. The van der Waals surface area contributed by atoms with Crippen LogP contribution in [-0.2, 0) is 13.5 Å². The van der Waals surface area contributed by atoms with Crippen LogP contribution in [0.25, 0.3) is 10.8 Å². The maximum atomic E-state index is 5.89. The first-order chi connectivity index (χ1) is 9.34. The molecule has 3 heteroatoms. The Morgan fingerprint density at radius 3 is 2.79 bits per heavy atom. The van der Waals surface area contributed by atoms with Gasteiger partial charge >= 0.3 is 0 Å². The molecule has 1 heterocycles. The van der Waals surface area contributed by atoms with E-state index in [1.165, 1.54) is 5.39 Å². The van der Waals surface area contributed by atoms with Crippen LogP contribution in [0.2, 0.25) is 0 Å². The van der Waals surface area contributed by atoms with Gasteiger partial charge in [-0.1, -0.05) is 36.4 Å². The first-order valence-electron chi connectivity index (χ1n) is 6.41. The summed E-state index contributed by atoms with van der Waals surface area (Å²) in [5.74, 6) is 1.98. The van der Waals surface area contributed by atoms with E-state index < -0.39 is 0 Å². The lowest BCUT2D eigenvalue weighted by Crippen LogP contribution is -2.06. The highest BCUT2D eigenvalue weighted by Crippen LogP contribution is 2.25. The molecule has 0 saturated heterocycles. The molecular formula is C16H16N2O. The number of fused-ring (bicyclic) bond motifs is 1. The lowest BCUT2D eigenvalue weighted by molar-refractivity contribution is 0.321. The van der Waals surface area contributed by atoms with Crippen LogP contribution in [0.4, 0.5) is 0 Å². The van der Waals surface area contributed by atoms with Crippen LogP contribution in [0, 0.1) is 0 Å². The molecule has 0 aliphatic heterocycles. The second-order valence-corrected chi connectivity index (χ2v) is 4.53. The summed E-state index contributed by atoms with van der Waals surface area (Å²) in [7, 11) is 2.00. The van der Waals surface area contributed by atoms with Crippen LogP contribution < -0.4 is 4.74 Å². The van der Waals surface area contributed by atoms with E-state index in [2.05, 4.69) is 23.2 Å². The molecule has 1 aromatic heterocycles. The summed E-state index contributed by atoms with van der Waals surface area (Å²) in [5.41, 5.74) is 0. The Hall–Kier alpha value is -2.29. The number of hydrogen-bond donors (Lipinski definition) is 0. The molecule has 0 aliphatic carbocycles. The van der Waals surface area contributed by atoms with E-state index in [1.54, 1.807) is 0 Å². The Bertz CT molecular complexity index is 683. The average molecular weight is 252 g/mol.